The van der Waals surface area contributed by atoms with Crippen molar-refractivity contribution in [3.05, 3.63) is 121 Å². The SMILES string of the molecule is O=C(N[C@H](COc1ccc2[nH]c(=O)[nH]c2c1)c1cccs1)c1cccn(Cc2ccc(F)c(F)c2)c1=O. The lowest BCUT2D eigenvalue weighted by atomic mass is 10.2. The Morgan fingerprint density at radius 3 is 2.62 bits per heavy atom. The van der Waals surface area contributed by atoms with Gasteiger partial charge in [0.2, 0.25) is 0 Å². The molecule has 0 saturated carbocycles. The summed E-state index contributed by atoms with van der Waals surface area (Å²) in [5.41, 5.74) is 0.614. The van der Waals surface area contributed by atoms with Gasteiger partial charge >= 0.3 is 5.69 Å². The highest BCUT2D eigenvalue weighted by Gasteiger charge is 2.20. The maximum atomic E-state index is 13.6. The predicted octanol–water partition coefficient (Wildman–Crippen LogP) is 3.96. The van der Waals surface area contributed by atoms with Crippen molar-refractivity contribution in [1.29, 1.82) is 0 Å². The number of aromatic nitrogens is 3. The van der Waals surface area contributed by atoms with Crippen molar-refractivity contribution in [3.63, 3.8) is 0 Å². The Hall–Kier alpha value is -4.51. The van der Waals surface area contributed by atoms with Gasteiger partial charge in [-0.05, 0) is 53.4 Å². The van der Waals surface area contributed by atoms with Crippen LogP contribution in [0, 0.1) is 11.6 Å². The van der Waals surface area contributed by atoms with Crippen LogP contribution in [0.3, 0.4) is 0 Å². The smallest absolute Gasteiger partial charge is 0.323 e. The fourth-order valence-electron chi connectivity index (χ4n) is 3.87. The van der Waals surface area contributed by atoms with Crippen LogP contribution < -0.4 is 21.3 Å². The van der Waals surface area contributed by atoms with Gasteiger partial charge in [-0.15, -0.1) is 11.3 Å². The molecule has 37 heavy (non-hydrogen) atoms. The van der Waals surface area contributed by atoms with Gasteiger partial charge in [0.25, 0.3) is 11.5 Å². The molecule has 0 spiro atoms. The number of pyridine rings is 1. The second-order valence-electron chi connectivity index (χ2n) is 8.24. The van der Waals surface area contributed by atoms with Crippen molar-refractivity contribution in [3.8, 4) is 5.75 Å². The van der Waals surface area contributed by atoms with E-state index in [2.05, 4.69) is 15.3 Å². The molecule has 0 bridgehead atoms. The number of hydrogen-bond acceptors (Lipinski definition) is 5. The van der Waals surface area contributed by atoms with E-state index in [0.29, 0.717) is 22.3 Å². The molecule has 3 heterocycles. The monoisotopic (exact) mass is 522 g/mol. The number of fused-ring (bicyclic) bond motifs is 1. The van der Waals surface area contributed by atoms with Gasteiger partial charge in [0.1, 0.15) is 17.9 Å². The second-order valence-corrected chi connectivity index (χ2v) is 9.22. The third kappa shape index (κ3) is 5.36. The summed E-state index contributed by atoms with van der Waals surface area (Å²) in [4.78, 5) is 43.8. The van der Waals surface area contributed by atoms with Crippen LogP contribution >= 0.6 is 11.3 Å². The van der Waals surface area contributed by atoms with Crippen LogP contribution in [-0.4, -0.2) is 27.0 Å². The lowest BCUT2D eigenvalue weighted by Gasteiger charge is -2.18. The van der Waals surface area contributed by atoms with Crippen LogP contribution in [0.15, 0.2) is 81.8 Å². The van der Waals surface area contributed by atoms with Crippen LogP contribution in [0.4, 0.5) is 8.78 Å². The number of H-pyrrole nitrogens is 2. The van der Waals surface area contributed by atoms with Crippen LogP contribution in [0.1, 0.15) is 26.8 Å². The number of imidazole rings is 1. The molecule has 5 rings (SSSR count). The summed E-state index contributed by atoms with van der Waals surface area (Å²) in [5.74, 6) is -2.10. The van der Waals surface area contributed by atoms with Crippen LogP contribution in [0.25, 0.3) is 11.0 Å². The third-order valence-corrected chi connectivity index (χ3v) is 6.68. The van der Waals surface area contributed by atoms with E-state index in [4.69, 9.17) is 4.74 Å². The summed E-state index contributed by atoms with van der Waals surface area (Å²) in [6.45, 7) is 0.0423. The Morgan fingerprint density at radius 1 is 1.00 bits per heavy atom. The maximum Gasteiger partial charge on any atom is 0.323 e. The molecule has 2 aromatic carbocycles. The predicted molar refractivity (Wildman–Crippen MR) is 135 cm³/mol. The molecule has 11 heteroatoms. The van der Waals surface area contributed by atoms with Gasteiger partial charge in [-0.25, -0.2) is 13.6 Å². The van der Waals surface area contributed by atoms with E-state index < -0.39 is 29.1 Å². The molecule has 188 valence electrons. The molecule has 0 aliphatic carbocycles. The standard InChI is InChI=1S/C26H20F2N4O4S/c27-18-7-5-15(11-19(18)28)13-32-9-1-3-17(25(32)34)24(33)29-22(23-4-2-10-37-23)14-36-16-6-8-20-21(12-16)31-26(35)30-20/h1-12,22H,13-14H2,(H,29,33)(H2,30,31,35)/t22-/m1/s1. The molecule has 8 nitrogen and oxygen atoms in total. The summed E-state index contributed by atoms with van der Waals surface area (Å²) in [6, 6.07) is 14.5. The summed E-state index contributed by atoms with van der Waals surface area (Å²) >= 11 is 1.42. The van der Waals surface area contributed by atoms with Crippen molar-refractivity contribution in [2.45, 2.75) is 12.6 Å². The lowest BCUT2D eigenvalue weighted by molar-refractivity contribution is 0.0920. The number of benzene rings is 2. The van der Waals surface area contributed by atoms with Gasteiger partial charge in [0.05, 0.1) is 23.6 Å². The van der Waals surface area contributed by atoms with E-state index in [1.165, 1.54) is 34.2 Å². The molecule has 3 aromatic heterocycles. The first kappa shape index (κ1) is 24.2. The number of nitrogens with one attached hydrogen (secondary N) is 3. The molecular formula is C26H20F2N4O4S. The van der Waals surface area contributed by atoms with E-state index in [1.54, 1.807) is 24.3 Å². The molecule has 1 atom stereocenters. The largest absolute Gasteiger partial charge is 0.491 e. The molecule has 0 fully saturated rings. The minimum atomic E-state index is -1.01. The van der Waals surface area contributed by atoms with E-state index in [1.807, 2.05) is 17.5 Å². The Kier molecular flexibility index (Phi) is 6.69. The Labute approximate surface area is 212 Å². The molecule has 0 aliphatic rings. The van der Waals surface area contributed by atoms with Crippen molar-refractivity contribution < 1.29 is 18.3 Å². The van der Waals surface area contributed by atoms with Crippen molar-refractivity contribution in [2.75, 3.05) is 6.61 Å². The minimum Gasteiger partial charge on any atom is -0.491 e. The molecule has 5 aromatic rings. The van der Waals surface area contributed by atoms with E-state index in [0.717, 1.165) is 17.0 Å². The van der Waals surface area contributed by atoms with Gasteiger partial charge in [0.15, 0.2) is 11.6 Å². The number of nitrogens with zero attached hydrogens (tertiary/aromatic N) is 1. The van der Waals surface area contributed by atoms with Gasteiger partial charge < -0.3 is 24.6 Å². The highest BCUT2D eigenvalue weighted by atomic mass is 32.1. The number of hydrogen-bond donors (Lipinski definition) is 3. The van der Waals surface area contributed by atoms with Gasteiger partial charge in [0, 0.05) is 17.1 Å². The molecule has 3 N–H and O–H groups in total. The lowest BCUT2D eigenvalue weighted by Crippen LogP contribution is -2.36. The zero-order valence-corrected chi connectivity index (χ0v) is 20.0. The van der Waals surface area contributed by atoms with Crippen LogP contribution in [-0.2, 0) is 6.54 Å². The summed E-state index contributed by atoms with van der Waals surface area (Å²) in [6.07, 6.45) is 1.47. The average molecular weight is 523 g/mol. The highest BCUT2D eigenvalue weighted by molar-refractivity contribution is 7.10. The number of carbonyl (C=O) groups excluding carboxylic acids is 1. The second kappa shape index (κ2) is 10.2. The van der Waals surface area contributed by atoms with Crippen molar-refractivity contribution in [2.24, 2.45) is 0 Å². The Bertz CT molecular complexity index is 1690. The first-order chi connectivity index (χ1) is 17.9. The Morgan fingerprint density at radius 2 is 1.84 bits per heavy atom. The number of halogens is 2. The number of aromatic amines is 2. The molecule has 0 aliphatic heterocycles. The zero-order chi connectivity index (χ0) is 25.9. The number of carbonyl (C=O) groups is 1. The van der Waals surface area contributed by atoms with E-state index in [-0.39, 0.29) is 24.4 Å². The third-order valence-electron chi connectivity index (χ3n) is 5.70. The fraction of sp³-hybridized carbons (Fsp3) is 0.115. The van der Waals surface area contributed by atoms with Crippen molar-refractivity contribution in [1.82, 2.24) is 19.9 Å². The number of ether oxygens (including phenoxy) is 1. The maximum absolute atomic E-state index is 13.6. The highest BCUT2D eigenvalue weighted by Crippen LogP contribution is 2.23. The quantitative estimate of drug-likeness (QED) is 0.287. The molecule has 0 radical (unpaired) electrons. The molecule has 1 amide bonds. The minimum absolute atomic E-state index is 0.0294. The number of rotatable bonds is 8. The van der Waals surface area contributed by atoms with Crippen LogP contribution in [0.5, 0.6) is 5.75 Å². The molecule has 0 unspecified atom stereocenters. The average Bonchev–Trinajstić information content (AvgIpc) is 3.54. The number of thiophene rings is 1. The Balaban J connectivity index is 1.34. The van der Waals surface area contributed by atoms with Gasteiger partial charge in [-0.1, -0.05) is 12.1 Å². The topological polar surface area (TPSA) is 109 Å². The van der Waals surface area contributed by atoms with E-state index >= 15 is 0 Å². The van der Waals surface area contributed by atoms with Gasteiger partial charge in [-0.2, -0.15) is 0 Å². The summed E-state index contributed by atoms with van der Waals surface area (Å²) in [7, 11) is 0. The van der Waals surface area contributed by atoms with Crippen molar-refractivity contribution >= 4 is 28.3 Å². The van der Waals surface area contributed by atoms with Crippen LogP contribution in [0.2, 0.25) is 0 Å². The first-order valence-electron chi connectivity index (χ1n) is 11.2. The zero-order valence-electron chi connectivity index (χ0n) is 19.2. The summed E-state index contributed by atoms with van der Waals surface area (Å²) in [5, 5.41) is 4.72. The van der Waals surface area contributed by atoms with E-state index in [9.17, 15) is 23.2 Å². The molecule has 0 saturated heterocycles. The normalized spacial score (nSPS) is 11.9. The number of amides is 1. The molecular weight excluding hydrogens is 502 g/mol. The fourth-order valence-corrected chi connectivity index (χ4v) is 4.63. The van der Waals surface area contributed by atoms with Gasteiger partial charge in [-0.3, -0.25) is 9.59 Å². The summed E-state index contributed by atoms with van der Waals surface area (Å²) < 4.78 is 34.0. The first-order valence-corrected chi connectivity index (χ1v) is 12.1.